The summed E-state index contributed by atoms with van der Waals surface area (Å²) in [4.78, 5) is 27.2. The fourth-order valence-corrected chi connectivity index (χ4v) is 4.97. The molecule has 1 amide bonds. The van der Waals surface area contributed by atoms with Gasteiger partial charge in [0, 0.05) is 48.4 Å². The molecule has 38 heavy (non-hydrogen) atoms. The van der Waals surface area contributed by atoms with Gasteiger partial charge in [0.05, 0.1) is 10.7 Å². The van der Waals surface area contributed by atoms with Crippen LogP contribution in [0.5, 0.6) is 0 Å². The largest absolute Gasteiger partial charge is 0.444 e. The first kappa shape index (κ1) is 26.0. The Kier molecular flexibility index (Phi) is 7.25. The summed E-state index contributed by atoms with van der Waals surface area (Å²) in [6, 6.07) is 14.1. The number of hydrogen-bond donors (Lipinski definition) is 2. The van der Waals surface area contributed by atoms with Gasteiger partial charge in [-0.05, 0) is 75.6 Å². The average molecular weight is 536 g/mol. The molecule has 9 heteroatoms. The van der Waals surface area contributed by atoms with Crippen LogP contribution < -0.4 is 5.32 Å². The van der Waals surface area contributed by atoms with E-state index in [9.17, 15) is 9.18 Å². The molecule has 1 unspecified atom stereocenters. The first-order valence-corrected chi connectivity index (χ1v) is 13.1. The molecule has 1 aliphatic rings. The standard InChI is InChI=1S/C29H31ClFN5O2/c1-29(2,3)38-28(37)36-13-5-7-19(17-36)24-15-22-21(11-12-32-27(22)34-24)26-23(30)9-10-25(35-26)33-16-18-6-4-8-20(31)14-18/h4,6,8-12,14-15,19H,5,7,13,16-17H2,1-3H3,(H,32,34)(H,33,35). The lowest BCUT2D eigenvalue weighted by molar-refractivity contribution is 0.0197. The molecule has 0 aliphatic carbocycles. The summed E-state index contributed by atoms with van der Waals surface area (Å²) in [5, 5.41) is 4.68. The Bertz CT molecular complexity index is 1470. The number of piperidine rings is 1. The van der Waals surface area contributed by atoms with Crippen molar-refractivity contribution in [3.05, 3.63) is 76.8 Å². The normalized spacial score (nSPS) is 16.0. The molecule has 3 aromatic heterocycles. The molecule has 1 fully saturated rings. The van der Waals surface area contributed by atoms with Crippen molar-refractivity contribution in [2.45, 2.75) is 51.7 Å². The first-order chi connectivity index (χ1) is 18.2. The van der Waals surface area contributed by atoms with Gasteiger partial charge in [0.25, 0.3) is 0 Å². The summed E-state index contributed by atoms with van der Waals surface area (Å²) < 4.78 is 19.1. The van der Waals surface area contributed by atoms with Crippen molar-refractivity contribution in [1.29, 1.82) is 0 Å². The summed E-state index contributed by atoms with van der Waals surface area (Å²) in [7, 11) is 0. The number of ether oxygens (including phenoxy) is 1. The number of anilines is 1. The Morgan fingerprint density at radius 1 is 1.24 bits per heavy atom. The lowest BCUT2D eigenvalue weighted by Gasteiger charge is -2.33. The minimum absolute atomic E-state index is 0.140. The number of amides is 1. The van der Waals surface area contributed by atoms with Crippen LogP contribution in [0.4, 0.5) is 15.0 Å². The molecule has 4 aromatic rings. The van der Waals surface area contributed by atoms with E-state index in [1.807, 2.05) is 32.9 Å². The van der Waals surface area contributed by atoms with Crippen molar-refractivity contribution < 1.29 is 13.9 Å². The summed E-state index contributed by atoms with van der Waals surface area (Å²) in [5.74, 6) is 0.499. The molecule has 2 N–H and O–H groups in total. The maximum absolute atomic E-state index is 13.5. The molecule has 1 aromatic carbocycles. The van der Waals surface area contributed by atoms with Gasteiger partial charge in [-0.2, -0.15) is 0 Å². The van der Waals surface area contributed by atoms with Crippen LogP contribution >= 0.6 is 11.6 Å². The molecule has 1 saturated heterocycles. The van der Waals surface area contributed by atoms with Crippen molar-refractivity contribution in [3.63, 3.8) is 0 Å². The van der Waals surface area contributed by atoms with E-state index < -0.39 is 5.60 Å². The summed E-state index contributed by atoms with van der Waals surface area (Å²) >= 11 is 6.60. The highest BCUT2D eigenvalue weighted by Gasteiger charge is 2.29. The van der Waals surface area contributed by atoms with E-state index in [0.29, 0.717) is 36.2 Å². The number of aromatic amines is 1. The van der Waals surface area contributed by atoms with Crippen molar-refractivity contribution in [2.24, 2.45) is 0 Å². The van der Waals surface area contributed by atoms with Gasteiger partial charge in [-0.15, -0.1) is 0 Å². The lowest BCUT2D eigenvalue weighted by Crippen LogP contribution is -2.42. The third-order valence-corrected chi connectivity index (χ3v) is 6.83. The van der Waals surface area contributed by atoms with Crippen LogP contribution in [0.15, 0.2) is 54.7 Å². The zero-order valence-corrected chi connectivity index (χ0v) is 22.5. The lowest BCUT2D eigenvalue weighted by atomic mass is 9.94. The second-order valence-corrected chi connectivity index (χ2v) is 11.0. The summed E-state index contributed by atoms with van der Waals surface area (Å²) in [5.41, 5.74) is 3.53. The van der Waals surface area contributed by atoms with Gasteiger partial charge >= 0.3 is 6.09 Å². The number of benzene rings is 1. The van der Waals surface area contributed by atoms with Crippen molar-refractivity contribution in [2.75, 3.05) is 18.4 Å². The molecule has 0 radical (unpaired) electrons. The minimum Gasteiger partial charge on any atom is -0.444 e. The van der Waals surface area contributed by atoms with Crippen LogP contribution in [0.3, 0.4) is 0 Å². The molecule has 0 bridgehead atoms. The highest BCUT2D eigenvalue weighted by atomic mass is 35.5. The maximum Gasteiger partial charge on any atom is 0.410 e. The van der Waals surface area contributed by atoms with E-state index >= 15 is 0 Å². The van der Waals surface area contributed by atoms with E-state index in [1.165, 1.54) is 12.1 Å². The fraction of sp³-hybridized carbons (Fsp3) is 0.345. The van der Waals surface area contributed by atoms with Crippen molar-refractivity contribution in [1.82, 2.24) is 19.9 Å². The van der Waals surface area contributed by atoms with E-state index in [0.717, 1.165) is 40.7 Å². The third-order valence-electron chi connectivity index (χ3n) is 6.53. The Morgan fingerprint density at radius 3 is 2.87 bits per heavy atom. The monoisotopic (exact) mass is 535 g/mol. The Morgan fingerprint density at radius 2 is 2.08 bits per heavy atom. The van der Waals surface area contributed by atoms with Crippen molar-refractivity contribution >= 4 is 34.5 Å². The molecule has 0 saturated carbocycles. The zero-order chi connectivity index (χ0) is 26.9. The number of pyridine rings is 2. The number of halogens is 2. The van der Waals surface area contributed by atoms with Gasteiger partial charge in [0.2, 0.25) is 0 Å². The van der Waals surface area contributed by atoms with Crippen molar-refractivity contribution in [3.8, 4) is 11.3 Å². The minimum atomic E-state index is -0.531. The molecule has 198 valence electrons. The smallest absolute Gasteiger partial charge is 0.410 e. The van der Waals surface area contributed by atoms with Gasteiger partial charge in [0.15, 0.2) is 0 Å². The molecule has 1 aliphatic heterocycles. The summed E-state index contributed by atoms with van der Waals surface area (Å²) in [6.45, 7) is 7.33. The topological polar surface area (TPSA) is 83.1 Å². The number of carbonyl (C=O) groups excluding carboxylic acids is 1. The number of rotatable bonds is 5. The van der Waals surface area contributed by atoms with Gasteiger partial charge in [-0.1, -0.05) is 23.7 Å². The maximum atomic E-state index is 13.5. The number of fused-ring (bicyclic) bond motifs is 1. The number of nitrogens with one attached hydrogen (secondary N) is 2. The Labute approximate surface area is 226 Å². The molecule has 7 nitrogen and oxygen atoms in total. The highest BCUT2D eigenvalue weighted by Crippen LogP contribution is 2.35. The number of H-pyrrole nitrogens is 1. The molecular formula is C29H31ClFN5O2. The number of carbonyl (C=O) groups is 1. The molecule has 0 spiro atoms. The average Bonchev–Trinajstić information content (AvgIpc) is 3.32. The predicted octanol–water partition coefficient (Wildman–Crippen LogP) is 7.14. The molecule has 5 rings (SSSR count). The number of hydrogen-bond acceptors (Lipinski definition) is 5. The van der Waals surface area contributed by atoms with Crippen LogP contribution in [0.25, 0.3) is 22.3 Å². The van der Waals surface area contributed by atoms with Crippen LogP contribution in [0, 0.1) is 5.82 Å². The van der Waals surface area contributed by atoms with E-state index in [2.05, 4.69) is 21.4 Å². The van der Waals surface area contributed by atoms with Crippen LogP contribution in [-0.4, -0.2) is 44.6 Å². The van der Waals surface area contributed by atoms with Gasteiger partial charge in [0.1, 0.15) is 22.9 Å². The second-order valence-electron chi connectivity index (χ2n) is 10.6. The molecule has 4 heterocycles. The van der Waals surface area contributed by atoms with E-state index in [4.69, 9.17) is 21.3 Å². The molecule has 1 atom stereocenters. The first-order valence-electron chi connectivity index (χ1n) is 12.8. The third kappa shape index (κ3) is 5.91. The Balaban J connectivity index is 1.39. The van der Waals surface area contributed by atoms with E-state index in [1.54, 1.807) is 29.3 Å². The van der Waals surface area contributed by atoms with E-state index in [-0.39, 0.29) is 17.8 Å². The summed E-state index contributed by atoms with van der Waals surface area (Å²) in [6.07, 6.45) is 3.30. The number of nitrogens with zero attached hydrogens (tertiary/aromatic N) is 3. The second kappa shape index (κ2) is 10.6. The van der Waals surface area contributed by atoms with Crippen LogP contribution in [0.2, 0.25) is 5.02 Å². The van der Waals surface area contributed by atoms with Gasteiger partial charge in [-0.3, -0.25) is 0 Å². The quantitative estimate of drug-likeness (QED) is 0.283. The predicted molar refractivity (Wildman–Crippen MR) is 148 cm³/mol. The zero-order valence-electron chi connectivity index (χ0n) is 21.7. The Hall–Kier alpha value is -3.65. The number of aromatic nitrogens is 3. The fourth-order valence-electron chi connectivity index (χ4n) is 4.77. The van der Waals surface area contributed by atoms with Crippen LogP contribution in [0.1, 0.15) is 50.8 Å². The highest BCUT2D eigenvalue weighted by molar-refractivity contribution is 6.33. The SMILES string of the molecule is CC(C)(C)OC(=O)N1CCCC(c2cc3c(-c4nc(NCc5cccc(F)c5)ccc4Cl)ccnc3[nH]2)C1. The van der Waals surface area contributed by atoms with Crippen LogP contribution in [-0.2, 0) is 11.3 Å². The number of likely N-dealkylation sites (tertiary alicyclic amines) is 1. The molecular weight excluding hydrogens is 505 g/mol. The van der Waals surface area contributed by atoms with Gasteiger partial charge < -0.3 is 19.9 Å². The van der Waals surface area contributed by atoms with Gasteiger partial charge in [-0.25, -0.2) is 19.2 Å².